The van der Waals surface area contributed by atoms with Gasteiger partial charge in [0.2, 0.25) is 0 Å². The van der Waals surface area contributed by atoms with Crippen molar-refractivity contribution < 1.29 is 22.5 Å². The number of amides is 1. The molecule has 0 aliphatic heterocycles. The van der Waals surface area contributed by atoms with Crippen LogP contribution in [0.3, 0.4) is 0 Å². The number of hydrogen-bond acceptors (Lipinski definition) is 4. The first-order chi connectivity index (χ1) is 9.21. The van der Waals surface area contributed by atoms with Crippen LogP contribution in [0.15, 0.2) is 10.7 Å². The molecule has 0 aromatic carbocycles. The highest BCUT2D eigenvalue weighted by Gasteiger charge is 2.38. The molecular weight excluding hydrogens is 277 g/mol. The van der Waals surface area contributed by atoms with E-state index in [1.54, 1.807) is 0 Å². The van der Waals surface area contributed by atoms with Crippen LogP contribution in [0.25, 0.3) is 0 Å². The summed E-state index contributed by atoms with van der Waals surface area (Å²) in [5, 5.41) is 9.26. The lowest BCUT2D eigenvalue weighted by Crippen LogP contribution is -2.19. The number of carbonyl (C=O) groups excluding carboxylic acids is 1. The van der Waals surface area contributed by atoms with Crippen molar-refractivity contribution in [3.63, 3.8) is 0 Å². The number of aryl methyl sites for hydroxylation is 3. The minimum absolute atomic E-state index is 0.113. The average molecular weight is 288 g/mol. The quantitative estimate of drug-likeness (QED) is 0.920. The van der Waals surface area contributed by atoms with Crippen molar-refractivity contribution in [3.8, 4) is 0 Å². The number of nitrogens with zero attached hydrogens (tertiary/aromatic N) is 3. The van der Waals surface area contributed by atoms with Crippen molar-refractivity contribution in [2.75, 3.05) is 5.32 Å². The number of nitrogens with one attached hydrogen (secondary N) is 1. The summed E-state index contributed by atoms with van der Waals surface area (Å²) in [6.45, 7) is 3.03. The number of alkyl halides is 3. The summed E-state index contributed by atoms with van der Waals surface area (Å²) in [5.41, 5.74) is -1.03. The summed E-state index contributed by atoms with van der Waals surface area (Å²) in [5.74, 6) is -0.489. The van der Waals surface area contributed by atoms with Gasteiger partial charge in [-0.3, -0.25) is 9.48 Å². The zero-order valence-electron chi connectivity index (χ0n) is 10.9. The van der Waals surface area contributed by atoms with Crippen molar-refractivity contribution in [3.05, 3.63) is 28.9 Å². The average Bonchev–Trinajstić information content (AvgIpc) is 2.82. The van der Waals surface area contributed by atoms with Crippen molar-refractivity contribution in [2.24, 2.45) is 7.05 Å². The van der Waals surface area contributed by atoms with Crippen molar-refractivity contribution >= 4 is 11.6 Å². The molecule has 0 unspecified atom stereocenters. The molecule has 1 amide bonds. The largest absolute Gasteiger partial charge is 0.435 e. The second-order valence-corrected chi connectivity index (χ2v) is 4.18. The first kappa shape index (κ1) is 14.1. The highest BCUT2D eigenvalue weighted by atomic mass is 19.4. The normalized spacial score (nSPS) is 11.7. The zero-order chi connectivity index (χ0) is 15.1. The van der Waals surface area contributed by atoms with Crippen molar-refractivity contribution in [1.82, 2.24) is 14.9 Å². The highest BCUT2D eigenvalue weighted by Crippen LogP contribution is 2.34. The van der Waals surface area contributed by atoms with E-state index in [9.17, 15) is 18.0 Å². The molecule has 0 saturated carbocycles. The van der Waals surface area contributed by atoms with Gasteiger partial charge in [-0.1, -0.05) is 5.16 Å². The van der Waals surface area contributed by atoms with Gasteiger partial charge in [0, 0.05) is 7.05 Å². The van der Waals surface area contributed by atoms with Crippen LogP contribution in [0.2, 0.25) is 0 Å². The number of rotatable bonds is 2. The Bertz CT molecular complexity index is 638. The molecule has 0 saturated heterocycles. The Morgan fingerprint density at radius 3 is 2.55 bits per heavy atom. The van der Waals surface area contributed by atoms with Crippen LogP contribution in [0.1, 0.15) is 27.5 Å². The van der Waals surface area contributed by atoms with Crippen LogP contribution < -0.4 is 5.32 Å². The lowest BCUT2D eigenvalue weighted by Gasteiger charge is -2.10. The first-order valence-electron chi connectivity index (χ1n) is 5.55. The number of halogens is 3. The van der Waals surface area contributed by atoms with Gasteiger partial charge < -0.3 is 9.84 Å². The van der Waals surface area contributed by atoms with Crippen molar-refractivity contribution in [1.29, 1.82) is 0 Å². The van der Waals surface area contributed by atoms with E-state index in [-0.39, 0.29) is 11.3 Å². The fourth-order valence-corrected chi connectivity index (χ4v) is 1.86. The third kappa shape index (κ3) is 2.38. The van der Waals surface area contributed by atoms with E-state index in [4.69, 9.17) is 4.52 Å². The lowest BCUT2D eigenvalue weighted by molar-refractivity contribution is -0.143. The molecule has 2 heterocycles. The number of anilines is 1. The topological polar surface area (TPSA) is 73.0 Å². The van der Waals surface area contributed by atoms with E-state index >= 15 is 0 Å². The van der Waals surface area contributed by atoms with Gasteiger partial charge in [-0.2, -0.15) is 18.3 Å². The zero-order valence-corrected chi connectivity index (χ0v) is 10.9. The predicted molar refractivity (Wildman–Crippen MR) is 62.1 cm³/mol. The summed E-state index contributed by atoms with van der Waals surface area (Å²) in [6, 6.07) is 0. The van der Waals surface area contributed by atoms with Crippen molar-refractivity contribution in [2.45, 2.75) is 20.0 Å². The monoisotopic (exact) mass is 288 g/mol. The summed E-state index contributed by atoms with van der Waals surface area (Å²) < 4.78 is 44.0. The van der Waals surface area contributed by atoms with E-state index in [1.165, 1.54) is 13.8 Å². The summed E-state index contributed by atoms with van der Waals surface area (Å²) in [6.07, 6.45) is -3.68. The molecule has 0 aliphatic carbocycles. The fraction of sp³-hybridized carbons (Fsp3) is 0.364. The Morgan fingerprint density at radius 1 is 1.40 bits per heavy atom. The van der Waals surface area contributed by atoms with E-state index < -0.39 is 23.5 Å². The molecule has 108 valence electrons. The molecule has 2 rings (SSSR count). The van der Waals surface area contributed by atoms with Crippen LogP contribution in [-0.4, -0.2) is 20.8 Å². The molecule has 20 heavy (non-hydrogen) atoms. The molecule has 0 atom stereocenters. The highest BCUT2D eigenvalue weighted by molar-refractivity contribution is 6.05. The fourth-order valence-electron chi connectivity index (χ4n) is 1.86. The van der Waals surface area contributed by atoms with Gasteiger partial charge in [-0.15, -0.1) is 0 Å². The van der Waals surface area contributed by atoms with Gasteiger partial charge in [-0.05, 0) is 13.8 Å². The molecule has 0 aliphatic rings. The van der Waals surface area contributed by atoms with Gasteiger partial charge >= 0.3 is 6.18 Å². The maximum Gasteiger partial charge on any atom is 0.435 e. The Morgan fingerprint density at radius 2 is 2.05 bits per heavy atom. The maximum absolute atomic E-state index is 12.9. The Balaban J connectivity index is 2.35. The van der Waals surface area contributed by atoms with Crippen LogP contribution in [0.4, 0.5) is 18.9 Å². The molecule has 2 aromatic heterocycles. The standard InChI is InChI=1S/C11H11F3N4O2/c1-5-8(6(2)20-17-5)10(19)16-7-4-15-18(3)9(7)11(12,13)14/h4H,1-3H3,(H,16,19). The van der Waals surface area contributed by atoms with Gasteiger partial charge in [-0.25, -0.2) is 0 Å². The van der Waals surface area contributed by atoms with Crippen LogP contribution >= 0.6 is 0 Å². The van der Waals surface area contributed by atoms with Gasteiger partial charge in [0.25, 0.3) is 5.91 Å². The lowest BCUT2D eigenvalue weighted by atomic mass is 10.2. The Kier molecular flexibility index (Phi) is 3.28. The minimum atomic E-state index is -4.62. The molecule has 2 aromatic rings. The molecule has 0 spiro atoms. The van der Waals surface area contributed by atoms with Gasteiger partial charge in [0.15, 0.2) is 5.69 Å². The molecule has 1 N–H and O–H groups in total. The van der Waals surface area contributed by atoms with Gasteiger partial charge in [0.05, 0.1) is 17.6 Å². The number of hydrogen-bond donors (Lipinski definition) is 1. The summed E-state index contributed by atoms with van der Waals surface area (Å²) in [4.78, 5) is 12.0. The van der Waals surface area contributed by atoms with E-state index in [0.29, 0.717) is 10.4 Å². The third-order valence-corrected chi connectivity index (χ3v) is 2.72. The van der Waals surface area contributed by atoms with Crippen LogP contribution in [-0.2, 0) is 13.2 Å². The summed E-state index contributed by atoms with van der Waals surface area (Å²) in [7, 11) is 1.15. The molecular formula is C11H11F3N4O2. The van der Waals surface area contributed by atoms with E-state index in [0.717, 1.165) is 13.2 Å². The number of carbonyl (C=O) groups is 1. The molecule has 0 radical (unpaired) electrons. The molecule has 0 fully saturated rings. The Labute approximate surface area is 111 Å². The van der Waals surface area contributed by atoms with Crippen LogP contribution in [0.5, 0.6) is 0 Å². The molecule has 6 nitrogen and oxygen atoms in total. The first-order valence-corrected chi connectivity index (χ1v) is 5.55. The molecule has 0 bridgehead atoms. The maximum atomic E-state index is 12.9. The SMILES string of the molecule is Cc1noc(C)c1C(=O)Nc1cnn(C)c1C(F)(F)F. The number of aromatic nitrogens is 3. The smallest absolute Gasteiger partial charge is 0.361 e. The minimum Gasteiger partial charge on any atom is -0.361 e. The third-order valence-electron chi connectivity index (χ3n) is 2.72. The second-order valence-electron chi connectivity index (χ2n) is 4.18. The molecule has 9 heteroatoms. The second kappa shape index (κ2) is 4.66. The van der Waals surface area contributed by atoms with Crippen LogP contribution in [0, 0.1) is 13.8 Å². The van der Waals surface area contributed by atoms with Gasteiger partial charge in [0.1, 0.15) is 11.3 Å². The predicted octanol–water partition coefficient (Wildman–Crippen LogP) is 2.30. The van der Waals surface area contributed by atoms with E-state index in [2.05, 4.69) is 15.6 Å². The van der Waals surface area contributed by atoms with E-state index in [1.807, 2.05) is 0 Å². The Hall–Kier alpha value is -2.32. The summed E-state index contributed by atoms with van der Waals surface area (Å²) >= 11 is 0.